The van der Waals surface area contributed by atoms with Gasteiger partial charge in [0.1, 0.15) is 5.78 Å². The van der Waals surface area contributed by atoms with Gasteiger partial charge in [0.25, 0.3) is 0 Å². The Kier molecular flexibility index (Phi) is 6.76. The molecule has 0 aliphatic rings. The number of ketones is 1. The molecule has 0 aromatic heterocycles. The number of hydrogen-bond acceptors (Lipinski definition) is 1. The average molecular weight is 286 g/mol. The Morgan fingerprint density at radius 3 is 2.05 bits per heavy atom. The summed E-state index contributed by atoms with van der Waals surface area (Å²) in [5.41, 5.74) is 0.354. The SMILES string of the molecule is CC(=O)CCCCCCCc1ccc(C(F)(F)F)cc1. The molecular formula is C16H21F3O. The molecule has 0 spiro atoms. The molecule has 1 rings (SSSR count). The van der Waals surface area contributed by atoms with Gasteiger partial charge in [0.05, 0.1) is 5.56 Å². The van der Waals surface area contributed by atoms with Gasteiger partial charge in [0.2, 0.25) is 0 Å². The van der Waals surface area contributed by atoms with E-state index in [1.807, 2.05) is 0 Å². The van der Waals surface area contributed by atoms with Crippen molar-refractivity contribution in [3.63, 3.8) is 0 Å². The summed E-state index contributed by atoms with van der Waals surface area (Å²) in [5, 5.41) is 0. The summed E-state index contributed by atoms with van der Waals surface area (Å²) in [7, 11) is 0. The molecule has 0 atom stereocenters. The lowest BCUT2D eigenvalue weighted by Gasteiger charge is -2.07. The molecule has 1 aromatic rings. The number of unbranched alkanes of at least 4 members (excludes halogenated alkanes) is 4. The standard InChI is InChI=1S/C16H21F3O/c1-13(20)7-5-3-2-4-6-8-14-9-11-15(12-10-14)16(17,18)19/h9-12H,2-8H2,1H3. The van der Waals surface area contributed by atoms with Crippen LogP contribution in [0.2, 0.25) is 0 Å². The molecule has 0 aliphatic heterocycles. The van der Waals surface area contributed by atoms with Crippen LogP contribution in [0.3, 0.4) is 0 Å². The van der Waals surface area contributed by atoms with Gasteiger partial charge in [0, 0.05) is 6.42 Å². The third-order valence-electron chi connectivity index (χ3n) is 3.28. The van der Waals surface area contributed by atoms with E-state index in [-0.39, 0.29) is 5.78 Å². The third-order valence-corrected chi connectivity index (χ3v) is 3.28. The molecule has 0 saturated heterocycles. The highest BCUT2D eigenvalue weighted by atomic mass is 19.4. The van der Waals surface area contributed by atoms with Crippen molar-refractivity contribution in [1.29, 1.82) is 0 Å². The number of hydrogen-bond donors (Lipinski definition) is 0. The first-order valence-electron chi connectivity index (χ1n) is 7.05. The van der Waals surface area contributed by atoms with E-state index in [9.17, 15) is 18.0 Å². The van der Waals surface area contributed by atoms with Gasteiger partial charge in [-0.25, -0.2) is 0 Å². The van der Waals surface area contributed by atoms with E-state index >= 15 is 0 Å². The number of alkyl halides is 3. The fourth-order valence-corrected chi connectivity index (χ4v) is 2.09. The van der Waals surface area contributed by atoms with Crippen LogP contribution in [0.5, 0.6) is 0 Å². The number of Topliss-reactive ketones (excluding diaryl/α,β-unsaturated/α-hetero) is 1. The van der Waals surface area contributed by atoms with Crippen molar-refractivity contribution in [2.24, 2.45) is 0 Å². The molecule has 1 aromatic carbocycles. The molecule has 1 nitrogen and oxygen atoms in total. The van der Waals surface area contributed by atoms with Crippen LogP contribution in [-0.4, -0.2) is 5.78 Å². The minimum absolute atomic E-state index is 0.231. The van der Waals surface area contributed by atoms with Gasteiger partial charge >= 0.3 is 6.18 Å². The van der Waals surface area contributed by atoms with Gasteiger partial charge in [-0.05, 0) is 43.9 Å². The molecule has 0 aliphatic carbocycles. The average Bonchev–Trinajstić information content (AvgIpc) is 2.37. The number of benzene rings is 1. The fraction of sp³-hybridized carbons (Fsp3) is 0.562. The zero-order chi connectivity index (χ0) is 15.0. The lowest BCUT2D eigenvalue weighted by molar-refractivity contribution is -0.137. The van der Waals surface area contributed by atoms with Crippen LogP contribution in [0.4, 0.5) is 13.2 Å². The zero-order valence-corrected chi connectivity index (χ0v) is 11.8. The molecule has 0 heterocycles. The molecule has 0 radical (unpaired) electrons. The molecule has 0 saturated carbocycles. The number of halogens is 3. The maximum absolute atomic E-state index is 12.4. The van der Waals surface area contributed by atoms with Crippen LogP contribution in [0.1, 0.15) is 56.6 Å². The van der Waals surface area contributed by atoms with Crippen molar-refractivity contribution in [2.45, 2.75) is 58.0 Å². The Morgan fingerprint density at radius 2 is 1.50 bits per heavy atom. The molecular weight excluding hydrogens is 265 g/mol. The van der Waals surface area contributed by atoms with Crippen molar-refractivity contribution in [3.8, 4) is 0 Å². The smallest absolute Gasteiger partial charge is 0.300 e. The molecule has 0 amide bonds. The van der Waals surface area contributed by atoms with E-state index < -0.39 is 11.7 Å². The maximum atomic E-state index is 12.4. The van der Waals surface area contributed by atoms with Gasteiger partial charge in [-0.3, -0.25) is 0 Å². The van der Waals surface area contributed by atoms with E-state index in [0.29, 0.717) is 6.42 Å². The summed E-state index contributed by atoms with van der Waals surface area (Å²) >= 11 is 0. The lowest BCUT2D eigenvalue weighted by atomic mass is 10.0. The normalized spacial score (nSPS) is 11.6. The predicted octanol–water partition coefficient (Wildman–Crippen LogP) is 5.18. The van der Waals surface area contributed by atoms with E-state index in [1.54, 1.807) is 19.1 Å². The first-order chi connectivity index (χ1) is 9.39. The topological polar surface area (TPSA) is 17.1 Å². The van der Waals surface area contributed by atoms with Crippen LogP contribution in [0, 0.1) is 0 Å². The highest BCUT2D eigenvalue weighted by molar-refractivity contribution is 5.75. The number of carbonyl (C=O) groups is 1. The van der Waals surface area contributed by atoms with E-state index in [1.165, 1.54) is 0 Å². The van der Waals surface area contributed by atoms with Crippen molar-refractivity contribution in [3.05, 3.63) is 35.4 Å². The fourth-order valence-electron chi connectivity index (χ4n) is 2.09. The van der Waals surface area contributed by atoms with Crippen molar-refractivity contribution in [2.75, 3.05) is 0 Å². The molecule has 4 heteroatoms. The monoisotopic (exact) mass is 286 g/mol. The minimum atomic E-state index is -4.25. The number of carbonyl (C=O) groups excluding carboxylic acids is 1. The van der Waals surface area contributed by atoms with E-state index in [0.717, 1.165) is 56.2 Å². The van der Waals surface area contributed by atoms with Crippen LogP contribution in [-0.2, 0) is 17.4 Å². The van der Waals surface area contributed by atoms with Crippen molar-refractivity contribution < 1.29 is 18.0 Å². The number of rotatable bonds is 8. The first kappa shape index (κ1) is 16.7. The Balaban J connectivity index is 2.18. The second kappa shape index (κ2) is 8.08. The van der Waals surface area contributed by atoms with Crippen LogP contribution >= 0.6 is 0 Å². The Bertz CT molecular complexity index is 407. The van der Waals surface area contributed by atoms with Gasteiger partial charge in [-0.1, -0.05) is 31.4 Å². The Labute approximate surface area is 118 Å². The highest BCUT2D eigenvalue weighted by Gasteiger charge is 2.29. The molecule has 112 valence electrons. The molecule has 0 fully saturated rings. The second-order valence-electron chi connectivity index (χ2n) is 5.16. The Hall–Kier alpha value is -1.32. The summed E-state index contributed by atoms with van der Waals surface area (Å²) in [6.45, 7) is 1.60. The van der Waals surface area contributed by atoms with Gasteiger partial charge in [-0.2, -0.15) is 13.2 Å². The summed E-state index contributed by atoms with van der Waals surface area (Å²) in [4.78, 5) is 10.7. The van der Waals surface area contributed by atoms with Gasteiger partial charge in [0.15, 0.2) is 0 Å². The molecule has 20 heavy (non-hydrogen) atoms. The predicted molar refractivity (Wildman–Crippen MR) is 73.5 cm³/mol. The first-order valence-corrected chi connectivity index (χ1v) is 7.05. The van der Waals surface area contributed by atoms with Gasteiger partial charge < -0.3 is 4.79 Å². The molecule has 0 unspecified atom stereocenters. The summed E-state index contributed by atoms with van der Waals surface area (Å²) in [6.07, 6.45) is 2.31. The van der Waals surface area contributed by atoms with Crippen LogP contribution in [0.15, 0.2) is 24.3 Å². The van der Waals surface area contributed by atoms with Crippen molar-refractivity contribution in [1.82, 2.24) is 0 Å². The summed E-state index contributed by atoms with van der Waals surface area (Å²) in [5.74, 6) is 0.231. The third kappa shape index (κ3) is 6.73. The second-order valence-corrected chi connectivity index (χ2v) is 5.16. The zero-order valence-electron chi connectivity index (χ0n) is 11.8. The van der Waals surface area contributed by atoms with Crippen molar-refractivity contribution >= 4 is 5.78 Å². The summed E-state index contributed by atoms with van der Waals surface area (Å²) in [6, 6.07) is 5.39. The quantitative estimate of drug-likeness (QED) is 0.602. The van der Waals surface area contributed by atoms with Crippen LogP contribution in [0.25, 0.3) is 0 Å². The highest BCUT2D eigenvalue weighted by Crippen LogP contribution is 2.29. The Morgan fingerprint density at radius 1 is 0.950 bits per heavy atom. The molecule has 0 bridgehead atoms. The van der Waals surface area contributed by atoms with E-state index in [2.05, 4.69) is 0 Å². The maximum Gasteiger partial charge on any atom is 0.416 e. The van der Waals surface area contributed by atoms with E-state index in [4.69, 9.17) is 0 Å². The largest absolute Gasteiger partial charge is 0.416 e. The number of aryl methyl sites for hydroxylation is 1. The minimum Gasteiger partial charge on any atom is -0.300 e. The van der Waals surface area contributed by atoms with Crippen LogP contribution < -0.4 is 0 Å². The lowest BCUT2D eigenvalue weighted by Crippen LogP contribution is -2.04. The summed E-state index contributed by atoms with van der Waals surface area (Å²) < 4.78 is 37.1. The van der Waals surface area contributed by atoms with Gasteiger partial charge in [-0.15, -0.1) is 0 Å². The molecule has 0 N–H and O–H groups in total.